The lowest BCUT2D eigenvalue weighted by Gasteiger charge is -1.93. The molecule has 0 spiro atoms. The van der Waals surface area contributed by atoms with E-state index in [1.165, 1.54) is 12.3 Å². The van der Waals surface area contributed by atoms with Gasteiger partial charge in [-0.15, -0.1) is 0 Å². The van der Waals surface area contributed by atoms with Crippen LogP contribution in [0.15, 0.2) is 23.0 Å². The molecule has 0 atom stereocenters. The molecule has 0 aliphatic carbocycles. The first-order valence-corrected chi connectivity index (χ1v) is 4.44. The van der Waals surface area contributed by atoms with Crippen LogP contribution in [-0.4, -0.2) is 15.1 Å². The Bertz CT molecular complexity index is 431. The van der Waals surface area contributed by atoms with Gasteiger partial charge in [0.25, 0.3) is 5.89 Å². The third-order valence-corrected chi connectivity index (χ3v) is 1.84. The number of halogens is 2. The van der Waals surface area contributed by atoms with E-state index in [-0.39, 0.29) is 11.5 Å². The van der Waals surface area contributed by atoms with Crippen LogP contribution in [0.5, 0.6) is 0 Å². The van der Waals surface area contributed by atoms with E-state index >= 15 is 0 Å². The molecule has 6 heteroatoms. The van der Waals surface area contributed by atoms with Gasteiger partial charge in [0.15, 0.2) is 5.82 Å². The quantitative estimate of drug-likeness (QED) is 0.753. The smallest absolute Gasteiger partial charge is 0.261 e. The van der Waals surface area contributed by atoms with Gasteiger partial charge >= 0.3 is 0 Å². The van der Waals surface area contributed by atoms with E-state index in [4.69, 9.17) is 4.52 Å². The Hall–Kier alpha value is -1.05. The maximum Gasteiger partial charge on any atom is 0.261 e. The predicted octanol–water partition coefficient (Wildman–Crippen LogP) is 1.88. The van der Waals surface area contributed by atoms with Gasteiger partial charge < -0.3 is 4.52 Å². The van der Waals surface area contributed by atoms with Crippen molar-refractivity contribution in [3.63, 3.8) is 0 Å². The van der Waals surface area contributed by atoms with Gasteiger partial charge in [-0.05, 0) is 6.07 Å². The number of aromatic nitrogens is 3. The summed E-state index contributed by atoms with van der Waals surface area (Å²) in [5.41, 5.74) is 0.269. The Morgan fingerprint density at radius 2 is 2.31 bits per heavy atom. The minimum absolute atomic E-state index is 0.171. The Kier molecular flexibility index (Phi) is 2.21. The summed E-state index contributed by atoms with van der Waals surface area (Å²) in [5.74, 6) is -0.299. The highest BCUT2D eigenvalue weighted by Crippen LogP contribution is 2.19. The molecular weight excluding hydrogens is 288 g/mol. The molecule has 66 valence electrons. The van der Waals surface area contributed by atoms with Crippen LogP contribution in [0.4, 0.5) is 4.39 Å². The van der Waals surface area contributed by atoms with Crippen molar-refractivity contribution in [2.75, 3.05) is 0 Å². The molecular formula is C7H3FIN3O. The van der Waals surface area contributed by atoms with Crippen LogP contribution in [0.25, 0.3) is 11.5 Å². The zero-order chi connectivity index (χ0) is 9.26. The maximum atomic E-state index is 13.1. The standard InChI is InChI=1S/C7H3FIN3O/c8-5-3-10-2-1-4(5)6-11-7(9)12-13-6/h1-3H. The molecule has 0 aliphatic rings. The first-order valence-electron chi connectivity index (χ1n) is 3.36. The SMILES string of the molecule is Fc1cnccc1-c1nc(I)no1. The summed E-state index contributed by atoms with van der Waals surface area (Å²) in [7, 11) is 0. The average molecular weight is 291 g/mol. The van der Waals surface area contributed by atoms with Crippen LogP contribution in [0.2, 0.25) is 0 Å². The number of pyridine rings is 1. The Labute approximate surface area is 86.3 Å². The molecule has 0 radical (unpaired) electrons. The van der Waals surface area contributed by atoms with Crippen LogP contribution in [0.3, 0.4) is 0 Å². The summed E-state index contributed by atoms with van der Waals surface area (Å²) in [5, 5.41) is 3.55. The van der Waals surface area contributed by atoms with Gasteiger partial charge in [0.2, 0.25) is 3.83 Å². The minimum atomic E-state index is -0.470. The van der Waals surface area contributed by atoms with E-state index in [9.17, 15) is 4.39 Å². The summed E-state index contributed by atoms with van der Waals surface area (Å²) < 4.78 is 18.3. The molecule has 0 aromatic carbocycles. The topological polar surface area (TPSA) is 51.8 Å². The van der Waals surface area contributed by atoms with Gasteiger partial charge in [0.05, 0.1) is 11.8 Å². The molecule has 0 aliphatic heterocycles. The second-order valence-electron chi connectivity index (χ2n) is 2.22. The molecule has 0 saturated carbocycles. The molecule has 0 amide bonds. The molecule has 0 saturated heterocycles. The highest BCUT2D eigenvalue weighted by Gasteiger charge is 2.11. The third kappa shape index (κ3) is 1.67. The van der Waals surface area contributed by atoms with E-state index in [2.05, 4.69) is 15.1 Å². The van der Waals surface area contributed by atoms with E-state index < -0.39 is 5.82 Å². The summed E-state index contributed by atoms with van der Waals surface area (Å²) >= 11 is 1.89. The molecule has 4 nitrogen and oxygen atoms in total. The molecule has 0 N–H and O–H groups in total. The largest absolute Gasteiger partial charge is 0.333 e. The lowest BCUT2D eigenvalue weighted by atomic mass is 10.2. The number of nitrogens with zero attached hydrogens (tertiary/aromatic N) is 3. The average Bonchev–Trinajstić information content (AvgIpc) is 2.53. The van der Waals surface area contributed by atoms with Crippen LogP contribution in [0.1, 0.15) is 0 Å². The first kappa shape index (κ1) is 8.54. The van der Waals surface area contributed by atoms with Crippen molar-refractivity contribution in [2.24, 2.45) is 0 Å². The van der Waals surface area contributed by atoms with E-state index in [0.717, 1.165) is 6.20 Å². The normalized spacial score (nSPS) is 10.3. The molecule has 13 heavy (non-hydrogen) atoms. The predicted molar refractivity (Wildman–Crippen MR) is 50.2 cm³/mol. The van der Waals surface area contributed by atoms with E-state index in [1.807, 2.05) is 22.6 Å². The fourth-order valence-electron chi connectivity index (χ4n) is 0.864. The third-order valence-electron chi connectivity index (χ3n) is 1.40. The Morgan fingerprint density at radius 1 is 1.46 bits per heavy atom. The van der Waals surface area contributed by atoms with Gasteiger partial charge in [-0.3, -0.25) is 4.98 Å². The first-order chi connectivity index (χ1) is 6.27. The zero-order valence-corrected chi connectivity index (χ0v) is 8.40. The van der Waals surface area contributed by atoms with Crippen molar-refractivity contribution in [3.8, 4) is 11.5 Å². The van der Waals surface area contributed by atoms with Crippen molar-refractivity contribution in [3.05, 3.63) is 28.1 Å². The minimum Gasteiger partial charge on any atom is -0.333 e. The van der Waals surface area contributed by atoms with Gasteiger partial charge in [0, 0.05) is 28.8 Å². The Balaban J connectivity index is 2.52. The molecule has 2 aromatic heterocycles. The molecule has 0 bridgehead atoms. The number of rotatable bonds is 1. The molecule has 0 unspecified atom stereocenters. The lowest BCUT2D eigenvalue weighted by Crippen LogP contribution is -1.85. The highest BCUT2D eigenvalue weighted by atomic mass is 127. The lowest BCUT2D eigenvalue weighted by molar-refractivity contribution is 0.423. The van der Waals surface area contributed by atoms with Crippen LogP contribution < -0.4 is 0 Å². The van der Waals surface area contributed by atoms with Gasteiger partial charge in [-0.1, -0.05) is 5.16 Å². The summed E-state index contributed by atoms with van der Waals surface area (Å²) in [6, 6.07) is 1.49. The summed E-state index contributed by atoms with van der Waals surface area (Å²) in [6.07, 6.45) is 2.57. The second-order valence-corrected chi connectivity index (χ2v) is 3.19. The molecule has 2 aromatic rings. The number of hydrogen-bond donors (Lipinski definition) is 0. The van der Waals surface area contributed by atoms with Crippen molar-refractivity contribution < 1.29 is 8.91 Å². The van der Waals surface area contributed by atoms with E-state index in [0.29, 0.717) is 3.83 Å². The molecule has 2 rings (SSSR count). The second kappa shape index (κ2) is 3.36. The van der Waals surface area contributed by atoms with Gasteiger partial charge in [0.1, 0.15) is 0 Å². The maximum absolute atomic E-state index is 13.1. The van der Waals surface area contributed by atoms with E-state index in [1.54, 1.807) is 0 Å². The fraction of sp³-hybridized carbons (Fsp3) is 0. The Morgan fingerprint density at radius 3 is 2.92 bits per heavy atom. The van der Waals surface area contributed by atoms with Gasteiger partial charge in [-0.25, -0.2) is 4.39 Å². The summed E-state index contributed by atoms with van der Waals surface area (Å²) in [6.45, 7) is 0. The molecule has 0 fully saturated rings. The van der Waals surface area contributed by atoms with Crippen LogP contribution in [0, 0.1) is 9.65 Å². The van der Waals surface area contributed by atoms with Gasteiger partial charge in [-0.2, -0.15) is 4.98 Å². The summed E-state index contributed by atoms with van der Waals surface area (Å²) in [4.78, 5) is 7.49. The fourth-order valence-corrected chi connectivity index (χ4v) is 1.18. The molecule has 2 heterocycles. The van der Waals surface area contributed by atoms with Crippen molar-refractivity contribution in [1.29, 1.82) is 0 Å². The number of hydrogen-bond acceptors (Lipinski definition) is 4. The van der Waals surface area contributed by atoms with Crippen LogP contribution >= 0.6 is 22.6 Å². The zero-order valence-electron chi connectivity index (χ0n) is 6.24. The van der Waals surface area contributed by atoms with Crippen molar-refractivity contribution >= 4 is 22.6 Å². The van der Waals surface area contributed by atoms with Crippen molar-refractivity contribution in [2.45, 2.75) is 0 Å². The van der Waals surface area contributed by atoms with Crippen LogP contribution in [-0.2, 0) is 0 Å². The highest BCUT2D eigenvalue weighted by molar-refractivity contribution is 14.1. The monoisotopic (exact) mass is 291 g/mol. The van der Waals surface area contributed by atoms with Crippen molar-refractivity contribution in [1.82, 2.24) is 15.1 Å².